The Morgan fingerprint density at radius 3 is 2.82 bits per heavy atom. The molecule has 0 aliphatic carbocycles. The van der Waals surface area contributed by atoms with Crippen molar-refractivity contribution in [3.63, 3.8) is 0 Å². The van der Waals surface area contributed by atoms with Gasteiger partial charge in [0.05, 0.1) is 17.3 Å². The average molecular weight is 615 g/mol. The topological polar surface area (TPSA) is 113 Å². The van der Waals surface area contributed by atoms with Crippen molar-refractivity contribution in [2.45, 2.75) is 24.2 Å². The van der Waals surface area contributed by atoms with Crippen molar-refractivity contribution in [3.8, 4) is 28.7 Å². The molecular formula is C27H28BrN5O5S. The van der Waals surface area contributed by atoms with Crippen molar-refractivity contribution in [3.05, 3.63) is 76.3 Å². The van der Waals surface area contributed by atoms with Crippen molar-refractivity contribution in [2.24, 2.45) is 0 Å². The summed E-state index contributed by atoms with van der Waals surface area (Å²) in [7, 11) is 1.60. The summed E-state index contributed by atoms with van der Waals surface area (Å²) in [6, 6.07) is 19.1. The molecule has 12 heteroatoms. The number of nitrogens with zero attached hydrogens (tertiary/aromatic N) is 4. The number of rotatable bonds is 13. The summed E-state index contributed by atoms with van der Waals surface area (Å²) in [4.78, 5) is 0. The number of nitrogens with one attached hydrogen (secondary N) is 1. The Kier molecular flexibility index (Phi) is 9.19. The molecule has 0 radical (unpaired) electrons. The first-order chi connectivity index (χ1) is 19.1. The molecule has 1 aliphatic heterocycles. The van der Waals surface area contributed by atoms with E-state index in [1.807, 2.05) is 42.5 Å². The van der Waals surface area contributed by atoms with Crippen LogP contribution in [-0.2, 0) is 6.54 Å². The van der Waals surface area contributed by atoms with E-state index in [4.69, 9.17) is 18.9 Å². The van der Waals surface area contributed by atoms with Crippen molar-refractivity contribution in [1.29, 1.82) is 0 Å². The molecule has 204 valence electrons. The summed E-state index contributed by atoms with van der Waals surface area (Å²) in [6.07, 6.45) is 0.108. The highest BCUT2D eigenvalue weighted by atomic mass is 79.9. The molecule has 0 fully saturated rings. The molecule has 3 aromatic carbocycles. The van der Waals surface area contributed by atoms with Gasteiger partial charge in [-0.05, 0) is 86.8 Å². The minimum absolute atomic E-state index is 0.0530. The van der Waals surface area contributed by atoms with Gasteiger partial charge in [0.15, 0.2) is 23.0 Å². The lowest BCUT2D eigenvalue weighted by Gasteiger charge is -2.17. The van der Waals surface area contributed by atoms with Crippen molar-refractivity contribution in [1.82, 2.24) is 25.5 Å². The quantitative estimate of drug-likeness (QED) is 0.164. The maximum atomic E-state index is 10.6. The van der Waals surface area contributed by atoms with Crippen LogP contribution in [0.25, 0.3) is 5.69 Å². The smallest absolute Gasteiger partial charge is 0.231 e. The van der Waals surface area contributed by atoms with E-state index in [0.29, 0.717) is 35.1 Å². The lowest BCUT2D eigenvalue weighted by Crippen LogP contribution is -2.16. The second-order valence-corrected chi connectivity index (χ2v) is 10.6. The van der Waals surface area contributed by atoms with Crippen LogP contribution in [-0.4, -0.2) is 58.1 Å². The van der Waals surface area contributed by atoms with E-state index in [1.54, 1.807) is 41.8 Å². The van der Waals surface area contributed by atoms with Crippen LogP contribution in [0.4, 0.5) is 0 Å². The Hall–Kier alpha value is -3.32. The van der Waals surface area contributed by atoms with Gasteiger partial charge in [0, 0.05) is 12.3 Å². The molecule has 1 aliphatic rings. The number of methoxy groups -OCH3 is 1. The Bertz CT molecular complexity index is 1390. The van der Waals surface area contributed by atoms with Gasteiger partial charge in [-0.2, -0.15) is 4.68 Å². The average Bonchev–Trinajstić information content (AvgIpc) is 3.63. The molecular weight excluding hydrogens is 586 g/mol. The van der Waals surface area contributed by atoms with Gasteiger partial charge in [-0.1, -0.05) is 36.0 Å². The molecule has 0 spiro atoms. The summed E-state index contributed by atoms with van der Waals surface area (Å²) < 4.78 is 24.7. The molecule has 10 nitrogen and oxygen atoms in total. The zero-order valence-electron chi connectivity index (χ0n) is 21.2. The predicted molar refractivity (Wildman–Crippen MR) is 150 cm³/mol. The second kappa shape index (κ2) is 13.2. The molecule has 39 heavy (non-hydrogen) atoms. The highest BCUT2D eigenvalue weighted by Crippen LogP contribution is 2.38. The Balaban J connectivity index is 1.09. The number of halogens is 1. The maximum absolute atomic E-state index is 10.6. The molecule has 1 unspecified atom stereocenters. The number of para-hydroxylation sites is 1. The molecule has 2 N–H and O–H groups in total. The third-order valence-electron chi connectivity index (χ3n) is 5.96. The number of hydrogen-bond acceptors (Lipinski definition) is 10. The zero-order valence-corrected chi connectivity index (χ0v) is 23.7. The van der Waals surface area contributed by atoms with Crippen LogP contribution in [0.1, 0.15) is 23.7 Å². The van der Waals surface area contributed by atoms with Crippen LogP contribution in [0.5, 0.6) is 23.0 Å². The molecule has 2 heterocycles. The van der Waals surface area contributed by atoms with Gasteiger partial charge < -0.3 is 29.4 Å². The van der Waals surface area contributed by atoms with Gasteiger partial charge in [0.1, 0.15) is 12.7 Å². The Morgan fingerprint density at radius 2 is 1.97 bits per heavy atom. The van der Waals surface area contributed by atoms with Gasteiger partial charge in [-0.15, -0.1) is 5.10 Å². The van der Waals surface area contributed by atoms with Crippen LogP contribution >= 0.6 is 27.7 Å². The summed E-state index contributed by atoms with van der Waals surface area (Å²) in [5, 5.41) is 26.9. The number of hydrogen-bond donors (Lipinski definition) is 2. The maximum Gasteiger partial charge on any atom is 0.231 e. The van der Waals surface area contributed by atoms with Crippen molar-refractivity contribution >= 4 is 27.7 Å². The Morgan fingerprint density at radius 1 is 1.13 bits per heavy atom. The normalized spacial score (nSPS) is 12.9. The summed E-state index contributed by atoms with van der Waals surface area (Å²) in [5.74, 6) is 3.29. The number of ether oxygens (including phenoxy) is 4. The first-order valence-corrected chi connectivity index (χ1v) is 14.1. The fourth-order valence-corrected chi connectivity index (χ4v) is 5.42. The second-order valence-electron chi connectivity index (χ2n) is 8.64. The van der Waals surface area contributed by atoms with E-state index in [0.717, 1.165) is 39.6 Å². The minimum atomic E-state index is -0.840. The van der Waals surface area contributed by atoms with Gasteiger partial charge >= 0.3 is 0 Å². The van der Waals surface area contributed by atoms with Crippen LogP contribution in [0.15, 0.2) is 70.3 Å². The lowest BCUT2D eigenvalue weighted by atomic mass is 10.1. The first kappa shape index (κ1) is 27.3. The SMILES string of the molecule is COc1cc(CNCCCSc2nnnn2-c2ccccc2)cc(Br)c1OCC(O)c1ccc2c(c1)OCO2. The zero-order chi connectivity index (χ0) is 27.0. The summed E-state index contributed by atoms with van der Waals surface area (Å²) >= 11 is 5.22. The molecule has 0 saturated heterocycles. The fourth-order valence-electron chi connectivity index (χ4n) is 3.99. The number of aliphatic hydroxyl groups excluding tert-OH is 1. The van der Waals surface area contributed by atoms with E-state index in [-0.39, 0.29) is 13.4 Å². The molecule has 0 bridgehead atoms. The molecule has 0 amide bonds. The number of thioether (sulfide) groups is 1. The van der Waals surface area contributed by atoms with E-state index < -0.39 is 6.10 Å². The third-order valence-corrected chi connectivity index (χ3v) is 7.55. The number of benzene rings is 3. The minimum Gasteiger partial charge on any atom is -0.493 e. The first-order valence-electron chi connectivity index (χ1n) is 12.4. The number of tetrazole rings is 1. The van der Waals surface area contributed by atoms with Crippen LogP contribution in [0.3, 0.4) is 0 Å². The van der Waals surface area contributed by atoms with Gasteiger partial charge in [0.25, 0.3) is 0 Å². The van der Waals surface area contributed by atoms with E-state index in [1.165, 1.54) is 0 Å². The predicted octanol–water partition coefficient (Wildman–Crippen LogP) is 4.55. The van der Waals surface area contributed by atoms with Crippen molar-refractivity contribution < 1.29 is 24.1 Å². The van der Waals surface area contributed by atoms with Crippen LogP contribution < -0.4 is 24.3 Å². The molecule has 1 atom stereocenters. The van der Waals surface area contributed by atoms with Gasteiger partial charge in [0.2, 0.25) is 11.9 Å². The van der Waals surface area contributed by atoms with Crippen molar-refractivity contribution in [2.75, 3.05) is 32.8 Å². The fraction of sp³-hybridized carbons (Fsp3) is 0.296. The standard InChI is InChI=1S/C27H28BrN5O5S/c1-35-25-13-18(15-29-10-5-11-39-27-30-31-32-33(27)20-6-3-2-4-7-20)12-21(28)26(25)36-16-22(34)19-8-9-23-24(14-19)38-17-37-23/h2-4,6-9,12-14,22,29,34H,5,10-11,15-17H2,1H3. The number of aliphatic hydroxyl groups is 1. The van der Waals surface area contributed by atoms with Gasteiger partial charge in [-0.25, -0.2) is 0 Å². The van der Waals surface area contributed by atoms with Gasteiger partial charge in [-0.3, -0.25) is 0 Å². The summed E-state index contributed by atoms with van der Waals surface area (Å²) in [5.41, 5.74) is 2.67. The molecule has 1 aromatic heterocycles. The van der Waals surface area contributed by atoms with Crippen LogP contribution in [0, 0.1) is 0 Å². The largest absolute Gasteiger partial charge is 0.493 e. The monoisotopic (exact) mass is 613 g/mol. The highest BCUT2D eigenvalue weighted by Gasteiger charge is 2.19. The number of fused-ring (bicyclic) bond motifs is 1. The molecule has 4 aromatic rings. The Labute approximate surface area is 238 Å². The third kappa shape index (κ3) is 6.82. The highest BCUT2D eigenvalue weighted by molar-refractivity contribution is 9.10. The lowest BCUT2D eigenvalue weighted by molar-refractivity contribution is 0.105. The molecule has 5 rings (SSSR count). The van der Waals surface area contributed by atoms with E-state index >= 15 is 0 Å². The summed E-state index contributed by atoms with van der Waals surface area (Å²) in [6.45, 7) is 1.74. The van der Waals surface area contributed by atoms with E-state index in [9.17, 15) is 5.11 Å². The number of aromatic nitrogens is 4. The molecule has 0 saturated carbocycles. The van der Waals surface area contributed by atoms with Crippen LogP contribution in [0.2, 0.25) is 0 Å². The van der Waals surface area contributed by atoms with E-state index in [2.05, 4.69) is 36.8 Å².